The van der Waals surface area contributed by atoms with Gasteiger partial charge < -0.3 is 19.5 Å². The smallest absolute Gasteiger partial charge is 0.407 e. The quantitative estimate of drug-likeness (QED) is 0.880. The summed E-state index contributed by atoms with van der Waals surface area (Å²) in [5.41, 5.74) is 0. The first-order chi connectivity index (χ1) is 11.4. The number of methoxy groups -OCH3 is 1. The van der Waals surface area contributed by atoms with Gasteiger partial charge in [0.15, 0.2) is 5.82 Å². The molecule has 1 aromatic heterocycles. The predicted molar refractivity (Wildman–Crippen MR) is 86.4 cm³/mol. The van der Waals surface area contributed by atoms with Gasteiger partial charge in [-0.2, -0.15) is 4.98 Å². The lowest BCUT2D eigenvalue weighted by molar-refractivity contribution is -0.135. The third-order valence-electron chi connectivity index (χ3n) is 4.11. The molecule has 8 heteroatoms. The van der Waals surface area contributed by atoms with Gasteiger partial charge in [-0.1, -0.05) is 19.0 Å². The molecule has 1 aliphatic heterocycles. The maximum absolute atomic E-state index is 12.9. The number of alkyl carbamates (subject to hydrolysis) is 1. The first kappa shape index (κ1) is 18.2. The lowest BCUT2D eigenvalue weighted by Crippen LogP contribution is -2.51. The zero-order valence-electron chi connectivity index (χ0n) is 14.7. The maximum Gasteiger partial charge on any atom is 0.407 e. The van der Waals surface area contributed by atoms with Gasteiger partial charge in [0.2, 0.25) is 11.8 Å². The molecule has 2 heterocycles. The Balaban J connectivity index is 2.05. The summed E-state index contributed by atoms with van der Waals surface area (Å²) in [5.74, 6) is 1.40. The molecule has 8 nitrogen and oxygen atoms in total. The number of carbonyl (C=O) groups is 2. The first-order valence-corrected chi connectivity index (χ1v) is 8.34. The fourth-order valence-electron chi connectivity index (χ4n) is 2.97. The highest BCUT2D eigenvalue weighted by atomic mass is 16.5. The molecule has 1 fully saturated rings. The third kappa shape index (κ3) is 4.69. The number of rotatable bonds is 5. The van der Waals surface area contributed by atoms with Crippen LogP contribution < -0.4 is 5.32 Å². The summed E-state index contributed by atoms with van der Waals surface area (Å²) in [5, 5.41) is 6.47. The number of piperidine rings is 1. The molecule has 0 radical (unpaired) electrons. The first-order valence-electron chi connectivity index (χ1n) is 8.34. The van der Waals surface area contributed by atoms with E-state index in [1.54, 1.807) is 11.8 Å². The lowest BCUT2D eigenvalue weighted by Gasteiger charge is -2.34. The molecule has 0 saturated carbocycles. The van der Waals surface area contributed by atoms with Gasteiger partial charge in [-0.25, -0.2) is 4.79 Å². The van der Waals surface area contributed by atoms with Gasteiger partial charge in [-0.05, 0) is 32.1 Å². The van der Waals surface area contributed by atoms with Crippen LogP contribution in [0.2, 0.25) is 0 Å². The van der Waals surface area contributed by atoms with Crippen LogP contribution in [0.4, 0.5) is 4.79 Å². The van der Waals surface area contributed by atoms with E-state index in [4.69, 9.17) is 4.52 Å². The number of likely N-dealkylation sites (tertiary alicyclic amines) is 1. The minimum atomic E-state index is -0.588. The van der Waals surface area contributed by atoms with Gasteiger partial charge in [0, 0.05) is 13.1 Å². The summed E-state index contributed by atoms with van der Waals surface area (Å²) in [4.78, 5) is 30.5. The average Bonchev–Trinajstić information content (AvgIpc) is 2.99. The monoisotopic (exact) mass is 338 g/mol. The number of nitrogens with zero attached hydrogens (tertiary/aromatic N) is 3. The summed E-state index contributed by atoms with van der Waals surface area (Å²) in [6, 6.07) is -0.583. The third-order valence-corrected chi connectivity index (χ3v) is 4.11. The Kier molecular flexibility index (Phi) is 6.16. The molecule has 2 atom stereocenters. The summed E-state index contributed by atoms with van der Waals surface area (Å²) in [6.07, 6.45) is 1.75. The Morgan fingerprint density at radius 2 is 2.21 bits per heavy atom. The Morgan fingerprint density at radius 1 is 1.46 bits per heavy atom. The molecule has 1 aromatic rings. The summed E-state index contributed by atoms with van der Waals surface area (Å²) < 4.78 is 9.89. The number of nitrogens with one attached hydrogen (secondary N) is 1. The number of ether oxygens (including phenoxy) is 1. The van der Waals surface area contributed by atoms with E-state index in [1.807, 2.05) is 13.8 Å². The Morgan fingerprint density at radius 3 is 2.79 bits per heavy atom. The van der Waals surface area contributed by atoms with Crippen molar-refractivity contribution in [1.82, 2.24) is 20.4 Å². The van der Waals surface area contributed by atoms with Crippen molar-refractivity contribution in [3.05, 3.63) is 11.7 Å². The van der Waals surface area contributed by atoms with Gasteiger partial charge in [-0.15, -0.1) is 0 Å². The molecule has 2 rings (SSSR count). The van der Waals surface area contributed by atoms with Crippen LogP contribution in [-0.2, 0) is 9.53 Å². The van der Waals surface area contributed by atoms with E-state index in [-0.39, 0.29) is 17.7 Å². The van der Waals surface area contributed by atoms with Gasteiger partial charge in [-0.3, -0.25) is 4.79 Å². The molecule has 1 N–H and O–H groups in total. The molecule has 1 saturated heterocycles. The van der Waals surface area contributed by atoms with E-state index in [1.165, 1.54) is 7.11 Å². The lowest BCUT2D eigenvalue weighted by atomic mass is 9.96. The second kappa shape index (κ2) is 8.12. The van der Waals surface area contributed by atoms with Crippen LogP contribution in [0.3, 0.4) is 0 Å². The maximum atomic E-state index is 12.9. The molecule has 2 amide bonds. The zero-order chi connectivity index (χ0) is 17.7. The summed E-state index contributed by atoms with van der Waals surface area (Å²) >= 11 is 0. The van der Waals surface area contributed by atoms with Crippen molar-refractivity contribution < 1.29 is 18.8 Å². The molecule has 0 unspecified atom stereocenters. The molecule has 1 aliphatic rings. The molecule has 0 aromatic carbocycles. The van der Waals surface area contributed by atoms with E-state index in [0.717, 1.165) is 12.8 Å². The van der Waals surface area contributed by atoms with Crippen molar-refractivity contribution in [2.24, 2.45) is 5.92 Å². The minimum Gasteiger partial charge on any atom is -0.453 e. The molecular formula is C16H26N4O4. The van der Waals surface area contributed by atoms with E-state index >= 15 is 0 Å². The number of carbonyl (C=O) groups excluding carboxylic acids is 2. The fraction of sp³-hybridized carbons (Fsp3) is 0.750. The average molecular weight is 338 g/mol. The number of aromatic nitrogens is 2. The summed E-state index contributed by atoms with van der Waals surface area (Å²) in [6.45, 7) is 6.99. The van der Waals surface area contributed by atoms with Crippen LogP contribution in [-0.4, -0.2) is 53.3 Å². The van der Waals surface area contributed by atoms with Crippen molar-refractivity contribution in [3.63, 3.8) is 0 Å². The highest BCUT2D eigenvalue weighted by molar-refractivity contribution is 5.85. The van der Waals surface area contributed by atoms with Crippen LogP contribution in [0.25, 0.3) is 0 Å². The molecule has 134 valence electrons. The predicted octanol–water partition coefficient (Wildman–Crippen LogP) is 1.85. The SMILES string of the molecule is COC(=O)N[C@H](CC(C)C)C(=O)N1CCC[C@@H](c2nc(C)no2)C1. The van der Waals surface area contributed by atoms with E-state index in [2.05, 4.69) is 20.2 Å². The van der Waals surface area contributed by atoms with Crippen molar-refractivity contribution >= 4 is 12.0 Å². The minimum absolute atomic E-state index is 0.0433. The molecular weight excluding hydrogens is 312 g/mol. The number of hydrogen-bond donors (Lipinski definition) is 1. The van der Waals surface area contributed by atoms with Gasteiger partial charge in [0.05, 0.1) is 13.0 Å². The second-order valence-electron chi connectivity index (χ2n) is 6.62. The molecule has 24 heavy (non-hydrogen) atoms. The highest BCUT2D eigenvalue weighted by Crippen LogP contribution is 2.26. The van der Waals surface area contributed by atoms with Crippen LogP contribution in [0.1, 0.15) is 50.7 Å². The van der Waals surface area contributed by atoms with Gasteiger partial charge in [0.25, 0.3) is 0 Å². The zero-order valence-corrected chi connectivity index (χ0v) is 14.7. The van der Waals surface area contributed by atoms with E-state index in [0.29, 0.717) is 31.2 Å². The van der Waals surface area contributed by atoms with Crippen LogP contribution in [0.15, 0.2) is 4.52 Å². The van der Waals surface area contributed by atoms with Crippen molar-refractivity contribution in [2.75, 3.05) is 20.2 Å². The van der Waals surface area contributed by atoms with Crippen LogP contribution >= 0.6 is 0 Å². The Hall–Kier alpha value is -2.12. The Labute approximate surface area is 141 Å². The fourth-order valence-corrected chi connectivity index (χ4v) is 2.97. The molecule has 0 aliphatic carbocycles. The molecule has 0 bridgehead atoms. The van der Waals surface area contributed by atoms with Crippen LogP contribution in [0, 0.1) is 12.8 Å². The Bertz CT molecular complexity index is 572. The number of amides is 2. The standard InChI is InChI=1S/C16H26N4O4/c1-10(2)8-13(18-16(22)23-4)15(21)20-7-5-6-12(9-20)14-17-11(3)19-24-14/h10,12-13H,5-9H2,1-4H3,(H,18,22)/t12-,13-/m1/s1. The van der Waals surface area contributed by atoms with E-state index < -0.39 is 12.1 Å². The topological polar surface area (TPSA) is 97.6 Å². The van der Waals surface area contributed by atoms with Crippen LogP contribution in [0.5, 0.6) is 0 Å². The van der Waals surface area contributed by atoms with Gasteiger partial charge >= 0.3 is 6.09 Å². The van der Waals surface area contributed by atoms with Gasteiger partial charge in [0.1, 0.15) is 6.04 Å². The normalized spacial score (nSPS) is 19.2. The summed E-state index contributed by atoms with van der Waals surface area (Å²) in [7, 11) is 1.29. The number of hydrogen-bond acceptors (Lipinski definition) is 6. The van der Waals surface area contributed by atoms with Crippen molar-refractivity contribution in [3.8, 4) is 0 Å². The largest absolute Gasteiger partial charge is 0.453 e. The number of aryl methyl sites for hydroxylation is 1. The second-order valence-corrected chi connectivity index (χ2v) is 6.62. The van der Waals surface area contributed by atoms with Crippen molar-refractivity contribution in [1.29, 1.82) is 0 Å². The van der Waals surface area contributed by atoms with E-state index in [9.17, 15) is 9.59 Å². The van der Waals surface area contributed by atoms with Crippen molar-refractivity contribution in [2.45, 2.75) is 52.0 Å². The molecule has 0 spiro atoms. The highest BCUT2D eigenvalue weighted by Gasteiger charge is 2.32.